The van der Waals surface area contributed by atoms with Gasteiger partial charge in [0.2, 0.25) is 0 Å². The van der Waals surface area contributed by atoms with Crippen LogP contribution < -0.4 is 15.8 Å². The first-order valence-electron chi connectivity index (χ1n) is 12.3. The lowest BCUT2D eigenvalue weighted by Crippen LogP contribution is -2.16. The van der Waals surface area contributed by atoms with Crippen LogP contribution in [0.2, 0.25) is 0 Å². The fourth-order valence-corrected chi connectivity index (χ4v) is 6.31. The highest BCUT2D eigenvalue weighted by atomic mass is 32.1. The number of anilines is 2. The van der Waals surface area contributed by atoms with Crippen LogP contribution in [0.3, 0.4) is 0 Å². The number of amides is 1. The SMILES string of the molecule is COC(=O)c1c(NC(=O)c2c(N)n(-c3cccc(OC)c3)c3nc4ccccc4nc23)sc2c1CCCC2. The van der Waals surface area contributed by atoms with E-state index in [1.165, 1.54) is 18.4 Å². The number of nitrogens with two attached hydrogens (primary N) is 1. The number of carbonyl (C=O) groups is 2. The number of aryl methyl sites for hydroxylation is 1. The van der Waals surface area contributed by atoms with Crippen molar-refractivity contribution in [3.63, 3.8) is 0 Å². The summed E-state index contributed by atoms with van der Waals surface area (Å²) >= 11 is 1.42. The maximum atomic E-state index is 13.9. The van der Waals surface area contributed by atoms with Gasteiger partial charge in [0.1, 0.15) is 27.6 Å². The van der Waals surface area contributed by atoms with Gasteiger partial charge in [-0.1, -0.05) is 18.2 Å². The Morgan fingerprint density at radius 2 is 1.76 bits per heavy atom. The van der Waals surface area contributed by atoms with Gasteiger partial charge in [0.15, 0.2) is 5.65 Å². The summed E-state index contributed by atoms with van der Waals surface area (Å²) in [7, 11) is 2.93. The van der Waals surface area contributed by atoms with Crippen molar-refractivity contribution in [2.24, 2.45) is 0 Å². The van der Waals surface area contributed by atoms with E-state index in [0.29, 0.717) is 44.2 Å². The van der Waals surface area contributed by atoms with Crippen LogP contribution in [0.15, 0.2) is 48.5 Å². The van der Waals surface area contributed by atoms with Gasteiger partial charge in [-0.2, -0.15) is 0 Å². The molecule has 0 atom stereocenters. The normalized spacial score (nSPS) is 12.9. The fourth-order valence-electron chi connectivity index (χ4n) is 5.03. The van der Waals surface area contributed by atoms with E-state index in [1.54, 1.807) is 11.7 Å². The number of aromatic nitrogens is 3. The molecule has 10 heteroatoms. The molecule has 0 unspecified atom stereocenters. The highest BCUT2D eigenvalue weighted by molar-refractivity contribution is 7.17. The largest absolute Gasteiger partial charge is 0.497 e. The molecule has 38 heavy (non-hydrogen) atoms. The summed E-state index contributed by atoms with van der Waals surface area (Å²) in [5.74, 6) is -0.114. The van der Waals surface area contributed by atoms with Crippen molar-refractivity contribution in [1.29, 1.82) is 0 Å². The van der Waals surface area contributed by atoms with Gasteiger partial charge in [0.25, 0.3) is 5.91 Å². The molecule has 9 nitrogen and oxygen atoms in total. The third kappa shape index (κ3) is 3.84. The quantitative estimate of drug-likeness (QED) is 0.303. The molecule has 3 N–H and O–H groups in total. The minimum Gasteiger partial charge on any atom is -0.497 e. The Bertz CT molecular complexity index is 1740. The first-order chi connectivity index (χ1) is 18.5. The predicted molar refractivity (Wildman–Crippen MR) is 148 cm³/mol. The predicted octanol–water partition coefficient (Wildman–Crippen LogP) is 5.14. The smallest absolute Gasteiger partial charge is 0.341 e. The second-order valence-corrected chi connectivity index (χ2v) is 10.1. The lowest BCUT2D eigenvalue weighted by molar-refractivity contribution is 0.0601. The van der Waals surface area contributed by atoms with Gasteiger partial charge in [0.05, 0.1) is 36.5 Å². The number of fused-ring (bicyclic) bond motifs is 3. The van der Waals surface area contributed by atoms with Crippen molar-refractivity contribution >= 4 is 56.2 Å². The van der Waals surface area contributed by atoms with E-state index in [-0.39, 0.29) is 11.4 Å². The van der Waals surface area contributed by atoms with Gasteiger partial charge in [-0.3, -0.25) is 9.36 Å². The molecule has 0 spiro atoms. The molecule has 6 rings (SSSR count). The Morgan fingerprint density at radius 1 is 1.00 bits per heavy atom. The Hall–Kier alpha value is -4.44. The van der Waals surface area contributed by atoms with Crippen LogP contribution in [0, 0.1) is 0 Å². The number of nitrogens with zero attached hydrogens (tertiary/aromatic N) is 3. The van der Waals surface area contributed by atoms with E-state index < -0.39 is 11.9 Å². The molecule has 0 saturated carbocycles. The standard InChI is InChI=1S/C28H25N5O4S/c1-36-16-9-7-8-15(14-16)33-24(29)22(23-25(33)31-19-12-5-4-11-18(19)30-23)26(34)32-27-21(28(35)37-2)17-10-3-6-13-20(17)38-27/h4-5,7-9,11-12,14H,3,6,10,13,29H2,1-2H3,(H,32,34). The van der Waals surface area contributed by atoms with Crippen LogP contribution in [0.25, 0.3) is 27.9 Å². The van der Waals surface area contributed by atoms with E-state index >= 15 is 0 Å². The molecule has 3 aromatic heterocycles. The Kier molecular flexibility index (Phi) is 5.96. The number of nitrogens with one attached hydrogen (secondary N) is 1. The maximum absolute atomic E-state index is 13.9. The summed E-state index contributed by atoms with van der Waals surface area (Å²) in [6, 6.07) is 14.8. The van der Waals surface area contributed by atoms with Gasteiger partial charge in [-0.25, -0.2) is 14.8 Å². The van der Waals surface area contributed by atoms with Gasteiger partial charge < -0.3 is 20.5 Å². The molecular formula is C28H25N5O4S. The van der Waals surface area contributed by atoms with Crippen molar-refractivity contribution in [3.05, 3.63) is 70.1 Å². The van der Waals surface area contributed by atoms with E-state index in [0.717, 1.165) is 36.1 Å². The second-order valence-electron chi connectivity index (χ2n) is 9.04. The lowest BCUT2D eigenvalue weighted by atomic mass is 9.95. The van der Waals surface area contributed by atoms with Crippen LogP contribution >= 0.6 is 11.3 Å². The number of nitrogen functional groups attached to an aromatic ring is 1. The molecule has 5 aromatic rings. The van der Waals surface area contributed by atoms with Crippen molar-refractivity contribution < 1.29 is 19.1 Å². The minimum absolute atomic E-state index is 0.182. The number of rotatable bonds is 5. The molecule has 1 aliphatic rings. The summed E-state index contributed by atoms with van der Waals surface area (Å²) in [5, 5.41) is 3.42. The monoisotopic (exact) mass is 527 g/mol. The number of para-hydroxylation sites is 2. The van der Waals surface area contributed by atoms with Crippen LogP contribution in [0.1, 0.15) is 44.0 Å². The van der Waals surface area contributed by atoms with Gasteiger partial charge in [-0.05, 0) is 55.5 Å². The lowest BCUT2D eigenvalue weighted by Gasteiger charge is -2.12. The number of ether oxygens (including phenoxy) is 2. The first-order valence-corrected chi connectivity index (χ1v) is 13.1. The first kappa shape index (κ1) is 23.9. The molecule has 0 saturated heterocycles. The number of hydrogen-bond donors (Lipinski definition) is 2. The van der Waals surface area contributed by atoms with Crippen molar-refractivity contribution in [2.75, 3.05) is 25.3 Å². The molecule has 3 heterocycles. The Labute approximate surface area is 222 Å². The van der Waals surface area contributed by atoms with Crippen LogP contribution in [-0.2, 0) is 17.6 Å². The van der Waals surface area contributed by atoms with E-state index in [1.807, 2.05) is 48.5 Å². The van der Waals surface area contributed by atoms with Gasteiger partial charge in [0, 0.05) is 10.9 Å². The summed E-state index contributed by atoms with van der Waals surface area (Å²) in [6.07, 6.45) is 3.69. The minimum atomic E-state index is -0.470. The molecule has 192 valence electrons. The molecule has 0 aliphatic heterocycles. The summed E-state index contributed by atoms with van der Waals surface area (Å²) in [5.41, 5.74) is 11.0. The third-order valence-corrected chi connectivity index (χ3v) is 8.03. The Balaban J connectivity index is 1.54. The van der Waals surface area contributed by atoms with Crippen LogP contribution in [0.4, 0.5) is 10.8 Å². The zero-order valence-electron chi connectivity index (χ0n) is 20.9. The fraction of sp³-hybridized carbons (Fsp3) is 0.214. The van der Waals surface area contributed by atoms with E-state index in [9.17, 15) is 9.59 Å². The van der Waals surface area contributed by atoms with E-state index in [4.69, 9.17) is 25.2 Å². The number of thiophene rings is 1. The zero-order chi connectivity index (χ0) is 26.4. The zero-order valence-corrected chi connectivity index (χ0v) is 21.7. The average molecular weight is 528 g/mol. The Morgan fingerprint density at radius 3 is 2.53 bits per heavy atom. The number of esters is 1. The van der Waals surface area contributed by atoms with Crippen molar-refractivity contribution in [3.8, 4) is 11.4 Å². The molecule has 0 fully saturated rings. The second kappa shape index (κ2) is 9.46. The van der Waals surface area contributed by atoms with Crippen molar-refractivity contribution in [1.82, 2.24) is 14.5 Å². The average Bonchev–Trinajstić information content (AvgIpc) is 3.44. The molecule has 2 aromatic carbocycles. The maximum Gasteiger partial charge on any atom is 0.341 e. The number of methoxy groups -OCH3 is 2. The van der Waals surface area contributed by atoms with Crippen LogP contribution in [-0.4, -0.2) is 40.6 Å². The highest BCUT2D eigenvalue weighted by Crippen LogP contribution is 2.40. The number of hydrogen-bond acceptors (Lipinski definition) is 8. The van der Waals surface area contributed by atoms with Crippen LogP contribution in [0.5, 0.6) is 5.75 Å². The van der Waals surface area contributed by atoms with Gasteiger partial charge in [-0.15, -0.1) is 11.3 Å². The number of carbonyl (C=O) groups excluding carboxylic acids is 2. The summed E-state index contributed by atoms with van der Waals surface area (Å²) in [4.78, 5) is 37.3. The molecule has 0 bridgehead atoms. The summed E-state index contributed by atoms with van der Waals surface area (Å²) in [6.45, 7) is 0. The topological polar surface area (TPSA) is 121 Å². The van der Waals surface area contributed by atoms with Crippen molar-refractivity contribution in [2.45, 2.75) is 25.7 Å². The molecule has 1 aliphatic carbocycles. The number of benzene rings is 2. The third-order valence-electron chi connectivity index (χ3n) is 6.82. The highest BCUT2D eigenvalue weighted by Gasteiger charge is 2.30. The van der Waals surface area contributed by atoms with Gasteiger partial charge >= 0.3 is 5.97 Å². The molecule has 1 amide bonds. The van der Waals surface area contributed by atoms with E-state index in [2.05, 4.69) is 5.32 Å². The summed E-state index contributed by atoms with van der Waals surface area (Å²) < 4.78 is 12.2. The molecular weight excluding hydrogens is 502 g/mol. The molecule has 0 radical (unpaired) electrons.